The molecular formula is C19H19BrN2O3. The number of nitrogens with one attached hydrogen (secondary N) is 1. The van der Waals surface area contributed by atoms with Gasteiger partial charge < -0.3 is 15.3 Å². The van der Waals surface area contributed by atoms with E-state index in [1.807, 2.05) is 17.0 Å². The molecule has 130 valence electrons. The van der Waals surface area contributed by atoms with Gasteiger partial charge in [-0.25, -0.2) is 4.79 Å². The molecule has 0 saturated carbocycles. The van der Waals surface area contributed by atoms with Crippen molar-refractivity contribution >= 4 is 27.9 Å². The average Bonchev–Trinajstić information content (AvgIpc) is 2.59. The quantitative estimate of drug-likeness (QED) is 0.819. The minimum Gasteiger partial charge on any atom is -0.465 e. The molecule has 0 fully saturated rings. The summed E-state index contributed by atoms with van der Waals surface area (Å²) in [7, 11) is 0. The van der Waals surface area contributed by atoms with Gasteiger partial charge in [-0.15, -0.1) is 0 Å². The number of fused-ring (bicyclic) bond motifs is 1. The van der Waals surface area contributed by atoms with Crippen molar-refractivity contribution in [2.45, 2.75) is 32.5 Å². The number of carboxylic acid groups (broad SMARTS) is 1. The molecule has 0 bridgehead atoms. The van der Waals surface area contributed by atoms with Crippen molar-refractivity contribution in [1.82, 2.24) is 10.2 Å². The standard InChI is InChI=1S/C19H19BrN2O3/c1-12-8-14-4-2-3-5-15(14)11-22(12)18(23)16-7-6-13(9-17(16)20)10-21-19(24)25/h2-7,9,12,21H,8,10-11H2,1H3,(H,24,25)/t12-/m1/s1. The Hall–Kier alpha value is -2.34. The van der Waals surface area contributed by atoms with Gasteiger partial charge in [-0.05, 0) is 58.1 Å². The number of benzene rings is 2. The van der Waals surface area contributed by atoms with Crippen LogP contribution in [0.25, 0.3) is 0 Å². The smallest absolute Gasteiger partial charge is 0.404 e. The first-order valence-electron chi connectivity index (χ1n) is 8.08. The maximum atomic E-state index is 13.0. The molecule has 3 rings (SSSR count). The minimum atomic E-state index is -1.07. The second kappa shape index (κ2) is 7.27. The maximum Gasteiger partial charge on any atom is 0.404 e. The molecule has 2 aromatic rings. The Balaban J connectivity index is 1.80. The van der Waals surface area contributed by atoms with E-state index >= 15 is 0 Å². The van der Waals surface area contributed by atoms with E-state index in [0.717, 1.165) is 12.0 Å². The van der Waals surface area contributed by atoms with Crippen LogP contribution in [-0.2, 0) is 19.5 Å². The third kappa shape index (κ3) is 3.85. The van der Waals surface area contributed by atoms with Crippen LogP contribution in [0.2, 0.25) is 0 Å². The lowest BCUT2D eigenvalue weighted by atomic mass is 9.94. The van der Waals surface area contributed by atoms with Crippen LogP contribution in [0.5, 0.6) is 0 Å². The summed E-state index contributed by atoms with van der Waals surface area (Å²) in [6, 6.07) is 13.6. The van der Waals surface area contributed by atoms with E-state index < -0.39 is 6.09 Å². The van der Waals surface area contributed by atoms with Crippen LogP contribution in [0, 0.1) is 0 Å². The predicted molar refractivity (Wildman–Crippen MR) is 98.5 cm³/mol. The number of hydrogen-bond donors (Lipinski definition) is 2. The third-order valence-electron chi connectivity index (χ3n) is 4.47. The van der Waals surface area contributed by atoms with Crippen molar-refractivity contribution in [2.24, 2.45) is 0 Å². The molecule has 6 heteroatoms. The van der Waals surface area contributed by atoms with Gasteiger partial charge in [0.25, 0.3) is 5.91 Å². The first kappa shape index (κ1) is 17.5. The Kier molecular flexibility index (Phi) is 5.08. The Labute approximate surface area is 154 Å². The molecule has 0 aromatic heterocycles. The number of halogens is 1. The highest BCUT2D eigenvalue weighted by molar-refractivity contribution is 9.10. The topological polar surface area (TPSA) is 69.6 Å². The first-order valence-corrected chi connectivity index (χ1v) is 8.88. The number of hydrogen-bond acceptors (Lipinski definition) is 2. The number of nitrogens with zero attached hydrogens (tertiary/aromatic N) is 1. The first-order chi connectivity index (χ1) is 12.0. The fraction of sp³-hybridized carbons (Fsp3) is 0.263. The molecule has 0 aliphatic carbocycles. The summed E-state index contributed by atoms with van der Waals surface area (Å²) in [6.45, 7) is 2.87. The summed E-state index contributed by atoms with van der Waals surface area (Å²) in [5.41, 5.74) is 3.87. The molecular weight excluding hydrogens is 384 g/mol. The van der Waals surface area contributed by atoms with Crippen molar-refractivity contribution in [3.63, 3.8) is 0 Å². The molecule has 1 heterocycles. The van der Waals surface area contributed by atoms with Crippen LogP contribution in [0.3, 0.4) is 0 Å². The molecule has 25 heavy (non-hydrogen) atoms. The van der Waals surface area contributed by atoms with E-state index in [2.05, 4.69) is 40.3 Å². The van der Waals surface area contributed by atoms with Gasteiger partial charge in [-0.1, -0.05) is 30.3 Å². The van der Waals surface area contributed by atoms with E-state index in [1.165, 1.54) is 11.1 Å². The van der Waals surface area contributed by atoms with E-state index in [4.69, 9.17) is 5.11 Å². The fourth-order valence-corrected chi connectivity index (χ4v) is 3.72. The van der Waals surface area contributed by atoms with E-state index in [9.17, 15) is 9.59 Å². The SMILES string of the molecule is C[C@@H]1Cc2ccccc2CN1C(=O)c1ccc(CNC(=O)O)cc1Br. The lowest BCUT2D eigenvalue weighted by Crippen LogP contribution is -2.42. The van der Waals surface area contributed by atoms with Crippen LogP contribution in [-0.4, -0.2) is 28.0 Å². The van der Waals surface area contributed by atoms with Crippen LogP contribution in [0.1, 0.15) is 34.0 Å². The van der Waals surface area contributed by atoms with Gasteiger partial charge in [-0.3, -0.25) is 4.79 Å². The molecule has 1 aliphatic rings. The van der Waals surface area contributed by atoms with Gasteiger partial charge in [0, 0.05) is 23.6 Å². The minimum absolute atomic E-state index is 0.0216. The Bertz CT molecular complexity index is 822. The summed E-state index contributed by atoms with van der Waals surface area (Å²) >= 11 is 3.45. The molecule has 2 N–H and O–H groups in total. The van der Waals surface area contributed by atoms with Crippen molar-refractivity contribution in [1.29, 1.82) is 0 Å². The van der Waals surface area contributed by atoms with Crippen molar-refractivity contribution < 1.29 is 14.7 Å². The fourth-order valence-electron chi connectivity index (χ4n) is 3.13. The lowest BCUT2D eigenvalue weighted by molar-refractivity contribution is 0.0657. The van der Waals surface area contributed by atoms with Crippen LogP contribution < -0.4 is 5.32 Å². The highest BCUT2D eigenvalue weighted by Gasteiger charge is 2.28. The molecule has 5 nitrogen and oxygen atoms in total. The van der Waals surface area contributed by atoms with Crippen LogP contribution >= 0.6 is 15.9 Å². The maximum absolute atomic E-state index is 13.0. The van der Waals surface area contributed by atoms with Crippen molar-refractivity contribution in [2.75, 3.05) is 0 Å². The van der Waals surface area contributed by atoms with Gasteiger partial charge in [0.1, 0.15) is 0 Å². The molecule has 1 atom stereocenters. The zero-order valence-electron chi connectivity index (χ0n) is 13.8. The second-order valence-electron chi connectivity index (χ2n) is 6.23. The van der Waals surface area contributed by atoms with Gasteiger partial charge in [-0.2, -0.15) is 0 Å². The molecule has 2 amide bonds. The Morgan fingerprint density at radius 2 is 1.96 bits per heavy atom. The second-order valence-corrected chi connectivity index (χ2v) is 7.08. The van der Waals surface area contributed by atoms with E-state index in [1.54, 1.807) is 18.2 Å². The average molecular weight is 403 g/mol. The summed E-state index contributed by atoms with van der Waals surface area (Å²) in [5, 5.41) is 11.0. The molecule has 0 saturated heterocycles. The predicted octanol–water partition coefficient (Wildman–Crippen LogP) is 3.80. The number of amides is 2. The Morgan fingerprint density at radius 1 is 1.24 bits per heavy atom. The van der Waals surface area contributed by atoms with Gasteiger partial charge in [0.2, 0.25) is 0 Å². The number of carbonyl (C=O) groups is 2. The van der Waals surface area contributed by atoms with Crippen molar-refractivity contribution in [3.05, 3.63) is 69.2 Å². The van der Waals surface area contributed by atoms with Gasteiger partial charge in [0.15, 0.2) is 0 Å². The highest BCUT2D eigenvalue weighted by atomic mass is 79.9. The molecule has 0 unspecified atom stereocenters. The highest BCUT2D eigenvalue weighted by Crippen LogP contribution is 2.27. The summed E-state index contributed by atoms with van der Waals surface area (Å²) in [5.74, 6) is -0.0216. The Morgan fingerprint density at radius 3 is 2.64 bits per heavy atom. The van der Waals surface area contributed by atoms with Crippen molar-refractivity contribution in [3.8, 4) is 0 Å². The molecule has 1 aliphatic heterocycles. The summed E-state index contributed by atoms with van der Waals surface area (Å²) < 4.78 is 0.674. The molecule has 0 spiro atoms. The zero-order valence-corrected chi connectivity index (χ0v) is 15.4. The van der Waals surface area contributed by atoms with Gasteiger partial charge in [0.05, 0.1) is 5.56 Å². The summed E-state index contributed by atoms with van der Waals surface area (Å²) in [4.78, 5) is 25.5. The zero-order chi connectivity index (χ0) is 18.0. The number of rotatable bonds is 3. The van der Waals surface area contributed by atoms with E-state index in [-0.39, 0.29) is 18.5 Å². The molecule has 0 radical (unpaired) electrons. The van der Waals surface area contributed by atoms with Crippen LogP contribution in [0.4, 0.5) is 4.79 Å². The lowest BCUT2D eigenvalue weighted by Gasteiger charge is -2.35. The van der Waals surface area contributed by atoms with Crippen LogP contribution in [0.15, 0.2) is 46.9 Å². The summed E-state index contributed by atoms with van der Waals surface area (Å²) in [6.07, 6.45) is -0.225. The third-order valence-corrected chi connectivity index (χ3v) is 5.13. The molecule has 2 aromatic carbocycles. The van der Waals surface area contributed by atoms with Gasteiger partial charge >= 0.3 is 6.09 Å². The monoisotopic (exact) mass is 402 g/mol. The largest absolute Gasteiger partial charge is 0.465 e. The van der Waals surface area contributed by atoms with E-state index in [0.29, 0.717) is 16.6 Å². The number of carbonyl (C=O) groups excluding carboxylic acids is 1. The normalized spacial score (nSPS) is 16.2.